The van der Waals surface area contributed by atoms with Crippen LogP contribution in [0.15, 0.2) is 66.4 Å². The van der Waals surface area contributed by atoms with E-state index in [1.165, 1.54) is 18.1 Å². The number of benzene rings is 2. The Labute approximate surface area is 219 Å². The molecule has 10 nitrogen and oxygen atoms in total. The van der Waals surface area contributed by atoms with E-state index in [-0.39, 0.29) is 24.7 Å². The van der Waals surface area contributed by atoms with Gasteiger partial charge in [0.05, 0.1) is 25.5 Å². The van der Waals surface area contributed by atoms with Gasteiger partial charge in [-0.25, -0.2) is 0 Å². The number of esters is 1. The van der Waals surface area contributed by atoms with Crippen LogP contribution in [0, 0.1) is 11.8 Å². The number of methoxy groups -OCH3 is 1. The van der Waals surface area contributed by atoms with Gasteiger partial charge in [-0.15, -0.1) is 0 Å². The molecule has 4 amide bonds. The first-order valence-electron chi connectivity index (χ1n) is 12.4. The molecule has 5 rings (SSSR count). The Balaban J connectivity index is 1.46. The minimum atomic E-state index is -1.43. The minimum absolute atomic E-state index is 0.0904. The number of para-hydroxylation sites is 1. The minimum Gasteiger partial charge on any atom is -0.468 e. The van der Waals surface area contributed by atoms with Crippen molar-refractivity contribution in [1.29, 1.82) is 0 Å². The van der Waals surface area contributed by atoms with Crippen molar-refractivity contribution < 1.29 is 28.7 Å². The summed E-state index contributed by atoms with van der Waals surface area (Å²) in [4.78, 5) is 67.5. The number of rotatable bonds is 7. The Hall–Kier alpha value is -4.31. The maximum Gasteiger partial charge on any atom is 0.326 e. The first-order chi connectivity index (χ1) is 18.2. The maximum atomic E-state index is 13.4. The third-order valence-corrected chi connectivity index (χ3v) is 7.56. The topological polar surface area (TPSA) is 125 Å². The lowest BCUT2D eigenvalue weighted by Crippen LogP contribution is -2.53. The number of ether oxygens (including phenoxy) is 1. The van der Waals surface area contributed by atoms with Gasteiger partial charge < -0.3 is 10.1 Å². The van der Waals surface area contributed by atoms with E-state index >= 15 is 0 Å². The highest BCUT2D eigenvalue weighted by atomic mass is 16.5. The molecule has 0 bridgehead atoms. The lowest BCUT2D eigenvalue weighted by Gasteiger charge is -2.29. The average Bonchev–Trinajstić information content (AvgIpc) is 3.48. The molecule has 2 saturated heterocycles. The lowest BCUT2D eigenvalue weighted by atomic mass is 9.80. The number of fused-ring (bicyclic) bond motifs is 1. The lowest BCUT2D eigenvalue weighted by molar-refractivity contribution is -0.153. The van der Waals surface area contributed by atoms with Gasteiger partial charge >= 0.3 is 5.97 Å². The summed E-state index contributed by atoms with van der Waals surface area (Å²) in [6.45, 7) is 3.60. The Kier molecular flexibility index (Phi) is 6.36. The number of imide groups is 2. The molecule has 0 aromatic heterocycles. The fourth-order valence-corrected chi connectivity index (χ4v) is 5.72. The Morgan fingerprint density at radius 3 is 2.37 bits per heavy atom. The van der Waals surface area contributed by atoms with Gasteiger partial charge in [0.2, 0.25) is 11.8 Å². The standard InChI is InChI=1S/C28H28N4O6/c1-4-31-25(35)21-22(26(31)36)28(2,27(37)38-3)30-23(21)17-12-8-9-13-18(17)29-19-14-20(33)32(24(19)34)15-16-10-6-5-7-11-16/h5-14,21-23,29-30H,4,15H2,1-3H3/t21-,22-,23-,28-/m1/s1. The zero-order valence-corrected chi connectivity index (χ0v) is 21.3. The van der Waals surface area contributed by atoms with Crippen LogP contribution in [0.1, 0.15) is 31.0 Å². The highest BCUT2D eigenvalue weighted by Gasteiger charge is 2.66. The molecule has 0 unspecified atom stereocenters. The first kappa shape index (κ1) is 25.3. The van der Waals surface area contributed by atoms with E-state index in [1.54, 1.807) is 38.1 Å². The van der Waals surface area contributed by atoms with Gasteiger partial charge in [0.15, 0.2) is 0 Å². The summed E-state index contributed by atoms with van der Waals surface area (Å²) in [5.41, 5.74) is 0.530. The maximum absolute atomic E-state index is 13.4. The fraction of sp³-hybridized carbons (Fsp3) is 0.321. The molecule has 0 radical (unpaired) electrons. The summed E-state index contributed by atoms with van der Waals surface area (Å²) in [6.07, 6.45) is 1.24. The highest BCUT2D eigenvalue weighted by Crippen LogP contribution is 2.50. The molecule has 0 aliphatic carbocycles. The van der Waals surface area contributed by atoms with Crippen LogP contribution in [0.25, 0.3) is 0 Å². The van der Waals surface area contributed by atoms with Crippen molar-refractivity contribution >= 4 is 35.3 Å². The molecule has 2 fully saturated rings. The van der Waals surface area contributed by atoms with Crippen molar-refractivity contribution in [1.82, 2.24) is 15.1 Å². The van der Waals surface area contributed by atoms with E-state index < -0.39 is 47.1 Å². The van der Waals surface area contributed by atoms with Crippen LogP contribution in [0.2, 0.25) is 0 Å². The summed E-state index contributed by atoms with van der Waals surface area (Å²) in [5.74, 6) is -4.15. The van der Waals surface area contributed by atoms with Crippen LogP contribution in [0.3, 0.4) is 0 Å². The predicted molar refractivity (Wildman–Crippen MR) is 136 cm³/mol. The fourth-order valence-electron chi connectivity index (χ4n) is 5.72. The van der Waals surface area contributed by atoms with E-state index in [0.29, 0.717) is 11.3 Å². The third kappa shape index (κ3) is 3.88. The van der Waals surface area contributed by atoms with Gasteiger partial charge in [0, 0.05) is 24.4 Å². The quantitative estimate of drug-likeness (QED) is 0.421. The SMILES string of the molecule is CCN1C(=O)[C@H]2[C@@H](c3ccccc3NC3=CC(=O)N(Cc4ccccc4)C3=O)N[C@@](C)(C(=O)OC)[C@H]2C1=O. The summed E-state index contributed by atoms with van der Waals surface area (Å²) in [7, 11) is 1.24. The van der Waals surface area contributed by atoms with Gasteiger partial charge in [-0.3, -0.25) is 39.1 Å². The van der Waals surface area contributed by atoms with E-state index in [2.05, 4.69) is 10.6 Å². The first-order valence-corrected chi connectivity index (χ1v) is 12.4. The van der Waals surface area contributed by atoms with Crippen molar-refractivity contribution in [3.8, 4) is 0 Å². The molecular weight excluding hydrogens is 488 g/mol. The van der Waals surface area contributed by atoms with Crippen molar-refractivity contribution in [3.05, 3.63) is 77.5 Å². The second-order valence-corrected chi connectivity index (χ2v) is 9.73. The van der Waals surface area contributed by atoms with Crippen molar-refractivity contribution in [2.45, 2.75) is 32.0 Å². The van der Waals surface area contributed by atoms with Crippen LogP contribution in [0.4, 0.5) is 5.69 Å². The second-order valence-electron chi connectivity index (χ2n) is 9.73. The molecule has 2 aromatic carbocycles. The number of nitrogens with one attached hydrogen (secondary N) is 2. The highest BCUT2D eigenvalue weighted by molar-refractivity contribution is 6.17. The molecule has 38 heavy (non-hydrogen) atoms. The Bertz CT molecular complexity index is 1370. The zero-order valence-electron chi connectivity index (χ0n) is 21.3. The molecular formula is C28H28N4O6. The van der Waals surface area contributed by atoms with Crippen molar-refractivity contribution in [2.24, 2.45) is 11.8 Å². The largest absolute Gasteiger partial charge is 0.468 e. The van der Waals surface area contributed by atoms with E-state index in [0.717, 1.165) is 10.5 Å². The smallest absolute Gasteiger partial charge is 0.326 e. The van der Waals surface area contributed by atoms with E-state index in [9.17, 15) is 24.0 Å². The molecule has 2 aromatic rings. The van der Waals surface area contributed by atoms with Crippen molar-refractivity contribution in [2.75, 3.05) is 19.0 Å². The Morgan fingerprint density at radius 2 is 1.68 bits per heavy atom. The normalized spacial score (nSPS) is 26.6. The second kappa shape index (κ2) is 9.53. The number of carbonyl (C=O) groups excluding carboxylic acids is 5. The number of carbonyl (C=O) groups is 5. The number of amides is 4. The molecule has 3 aliphatic heterocycles. The van der Waals surface area contributed by atoms with Crippen LogP contribution in [-0.4, -0.2) is 58.6 Å². The van der Waals surface area contributed by atoms with Crippen LogP contribution >= 0.6 is 0 Å². The summed E-state index contributed by atoms with van der Waals surface area (Å²) in [6, 6.07) is 15.5. The van der Waals surface area contributed by atoms with E-state index in [4.69, 9.17) is 4.74 Å². The monoisotopic (exact) mass is 516 g/mol. The number of likely N-dealkylation sites (tertiary alicyclic amines) is 1. The van der Waals surface area contributed by atoms with Crippen molar-refractivity contribution in [3.63, 3.8) is 0 Å². The third-order valence-electron chi connectivity index (χ3n) is 7.56. The molecule has 0 spiro atoms. The molecule has 3 heterocycles. The van der Waals surface area contributed by atoms with Gasteiger partial charge in [-0.05, 0) is 31.0 Å². The predicted octanol–water partition coefficient (Wildman–Crippen LogP) is 1.75. The summed E-state index contributed by atoms with van der Waals surface area (Å²) < 4.78 is 5.01. The molecule has 4 atom stereocenters. The average molecular weight is 517 g/mol. The number of hydrogen-bond donors (Lipinski definition) is 2. The number of nitrogens with zero attached hydrogens (tertiary/aromatic N) is 2. The van der Waals surface area contributed by atoms with Crippen LogP contribution < -0.4 is 10.6 Å². The molecule has 3 aliphatic rings. The molecule has 0 saturated carbocycles. The van der Waals surface area contributed by atoms with E-state index in [1.807, 2.05) is 30.3 Å². The van der Waals surface area contributed by atoms with Gasteiger partial charge in [-0.2, -0.15) is 0 Å². The molecule has 2 N–H and O–H groups in total. The van der Waals surface area contributed by atoms with Gasteiger partial charge in [0.25, 0.3) is 11.8 Å². The number of hydrogen-bond acceptors (Lipinski definition) is 8. The summed E-state index contributed by atoms with van der Waals surface area (Å²) >= 11 is 0. The molecule has 196 valence electrons. The number of anilines is 1. The summed E-state index contributed by atoms with van der Waals surface area (Å²) in [5, 5.41) is 6.27. The van der Waals surface area contributed by atoms with Gasteiger partial charge in [0.1, 0.15) is 11.2 Å². The van der Waals surface area contributed by atoms with Gasteiger partial charge in [-0.1, -0.05) is 48.5 Å². The van der Waals surface area contributed by atoms with Crippen LogP contribution in [-0.2, 0) is 35.3 Å². The van der Waals surface area contributed by atoms with Crippen LogP contribution in [0.5, 0.6) is 0 Å². The Morgan fingerprint density at radius 1 is 1.00 bits per heavy atom. The zero-order chi connectivity index (χ0) is 27.2. The molecule has 10 heteroatoms.